The lowest BCUT2D eigenvalue weighted by Crippen LogP contribution is -2.35. The maximum Gasteiger partial charge on any atom is 0.276 e. The molecule has 0 aromatic carbocycles. The van der Waals surface area contributed by atoms with Crippen LogP contribution >= 0.6 is 0 Å². The second kappa shape index (κ2) is 4.83. The molecule has 0 saturated carbocycles. The number of ether oxygens (including phenoxy) is 1. The molecule has 0 atom stereocenters. The molecule has 0 amide bonds. The zero-order valence-electron chi connectivity index (χ0n) is 8.20. The van der Waals surface area contributed by atoms with E-state index in [1.165, 1.54) is 19.5 Å². The molecule has 0 saturated heterocycles. The fourth-order valence-corrected chi connectivity index (χ4v) is 0.840. The smallest absolute Gasteiger partial charge is 0.276 e. The van der Waals surface area contributed by atoms with Crippen LogP contribution in [0.3, 0.4) is 0 Å². The van der Waals surface area contributed by atoms with E-state index in [9.17, 15) is 8.78 Å². The van der Waals surface area contributed by atoms with E-state index in [2.05, 4.69) is 15.3 Å². The van der Waals surface area contributed by atoms with Gasteiger partial charge in [-0.25, -0.2) is 18.7 Å². The quantitative estimate of drug-likeness (QED) is 0.752. The molecule has 0 aliphatic carbocycles. The highest BCUT2D eigenvalue weighted by Crippen LogP contribution is 2.14. The number of hydrogen-bond donors (Lipinski definition) is 2. The van der Waals surface area contributed by atoms with Crippen LogP contribution in [-0.2, 0) is 0 Å². The molecule has 0 spiro atoms. The fourth-order valence-electron chi connectivity index (χ4n) is 0.840. The van der Waals surface area contributed by atoms with Gasteiger partial charge in [0.1, 0.15) is 12.1 Å². The molecule has 0 fully saturated rings. The molecule has 1 heterocycles. The third-order valence-electron chi connectivity index (χ3n) is 1.68. The number of nitrogens with one attached hydrogen (secondary N) is 1. The highest BCUT2D eigenvalue weighted by Gasteiger charge is 2.26. The summed E-state index contributed by atoms with van der Waals surface area (Å²) in [5.41, 5.74) is 4.88. The first kappa shape index (κ1) is 11.6. The van der Waals surface area contributed by atoms with Crippen molar-refractivity contribution in [2.75, 3.05) is 25.5 Å². The first-order valence-electron chi connectivity index (χ1n) is 4.25. The Balaban J connectivity index is 2.57. The van der Waals surface area contributed by atoms with Gasteiger partial charge in [-0.2, -0.15) is 0 Å². The molecule has 0 bridgehead atoms. The average Bonchev–Trinajstić information content (AvgIpc) is 2.27. The normalized spacial score (nSPS) is 11.2. The summed E-state index contributed by atoms with van der Waals surface area (Å²) in [6.45, 7) is -1.27. The predicted molar refractivity (Wildman–Crippen MR) is 51.1 cm³/mol. The first-order valence-corrected chi connectivity index (χ1v) is 4.25. The van der Waals surface area contributed by atoms with Gasteiger partial charge in [0, 0.05) is 6.07 Å². The van der Waals surface area contributed by atoms with Gasteiger partial charge in [0.2, 0.25) is 5.88 Å². The minimum absolute atomic E-state index is 0.273. The molecule has 3 N–H and O–H groups in total. The molecule has 15 heavy (non-hydrogen) atoms. The van der Waals surface area contributed by atoms with E-state index in [0.717, 1.165) is 0 Å². The monoisotopic (exact) mass is 218 g/mol. The van der Waals surface area contributed by atoms with Gasteiger partial charge in [0.15, 0.2) is 0 Å². The summed E-state index contributed by atoms with van der Waals surface area (Å²) in [4.78, 5) is 7.49. The van der Waals surface area contributed by atoms with Crippen LogP contribution < -0.4 is 15.8 Å². The molecule has 0 unspecified atom stereocenters. The average molecular weight is 218 g/mol. The van der Waals surface area contributed by atoms with Crippen LogP contribution in [0.15, 0.2) is 12.4 Å². The van der Waals surface area contributed by atoms with E-state index >= 15 is 0 Å². The standard InChI is InChI=1S/C8H12F2N4O/c1-15-7-2-6(13-5-14-7)12-4-8(9,10)3-11/h2,5H,3-4,11H2,1H3,(H,12,13,14). The SMILES string of the molecule is COc1cc(NCC(F)(F)CN)ncn1. The Bertz CT molecular complexity index is 321. The molecule has 1 aromatic rings. The van der Waals surface area contributed by atoms with Gasteiger partial charge >= 0.3 is 0 Å². The van der Waals surface area contributed by atoms with Crippen molar-refractivity contribution in [1.29, 1.82) is 0 Å². The number of hydrogen-bond acceptors (Lipinski definition) is 5. The van der Waals surface area contributed by atoms with Gasteiger partial charge in [-0.15, -0.1) is 0 Å². The molecule has 1 rings (SSSR count). The van der Waals surface area contributed by atoms with E-state index in [1.807, 2.05) is 0 Å². The summed E-state index contributed by atoms with van der Waals surface area (Å²) in [5.74, 6) is -2.36. The Morgan fingerprint density at radius 3 is 2.87 bits per heavy atom. The number of nitrogens with two attached hydrogens (primary N) is 1. The molecular weight excluding hydrogens is 206 g/mol. The van der Waals surface area contributed by atoms with Crippen LogP contribution in [0.25, 0.3) is 0 Å². The first-order chi connectivity index (χ1) is 7.07. The van der Waals surface area contributed by atoms with Crippen LogP contribution in [0.4, 0.5) is 14.6 Å². The van der Waals surface area contributed by atoms with Crippen molar-refractivity contribution in [1.82, 2.24) is 9.97 Å². The molecule has 5 nitrogen and oxygen atoms in total. The number of halogens is 2. The lowest BCUT2D eigenvalue weighted by molar-refractivity contribution is 0.0253. The fraction of sp³-hybridized carbons (Fsp3) is 0.500. The van der Waals surface area contributed by atoms with Crippen molar-refractivity contribution in [3.05, 3.63) is 12.4 Å². The molecule has 84 valence electrons. The molecule has 0 radical (unpaired) electrons. The Hall–Kier alpha value is -1.50. The minimum atomic E-state index is -2.95. The number of methoxy groups -OCH3 is 1. The number of rotatable bonds is 5. The van der Waals surface area contributed by atoms with Gasteiger partial charge in [0.25, 0.3) is 5.92 Å². The van der Waals surface area contributed by atoms with Crippen LogP contribution in [-0.4, -0.2) is 36.1 Å². The van der Waals surface area contributed by atoms with Crippen molar-refractivity contribution in [2.24, 2.45) is 5.73 Å². The molecule has 1 aromatic heterocycles. The second-order valence-electron chi connectivity index (χ2n) is 2.86. The summed E-state index contributed by atoms with van der Waals surface area (Å²) >= 11 is 0. The van der Waals surface area contributed by atoms with Crippen LogP contribution in [0.1, 0.15) is 0 Å². The van der Waals surface area contributed by atoms with Crippen molar-refractivity contribution in [3.8, 4) is 5.88 Å². The van der Waals surface area contributed by atoms with E-state index in [4.69, 9.17) is 10.5 Å². The van der Waals surface area contributed by atoms with Gasteiger partial charge in [-0.05, 0) is 0 Å². The summed E-state index contributed by atoms with van der Waals surface area (Å²) < 4.78 is 30.3. The minimum Gasteiger partial charge on any atom is -0.481 e. The Morgan fingerprint density at radius 2 is 2.27 bits per heavy atom. The zero-order valence-corrected chi connectivity index (χ0v) is 8.20. The van der Waals surface area contributed by atoms with Gasteiger partial charge in [-0.1, -0.05) is 0 Å². The van der Waals surface area contributed by atoms with Crippen molar-refractivity contribution >= 4 is 5.82 Å². The van der Waals surface area contributed by atoms with E-state index in [-0.39, 0.29) is 5.82 Å². The third-order valence-corrected chi connectivity index (χ3v) is 1.68. The summed E-state index contributed by atoms with van der Waals surface area (Å²) in [6.07, 6.45) is 1.22. The summed E-state index contributed by atoms with van der Waals surface area (Å²) in [6, 6.07) is 1.42. The summed E-state index contributed by atoms with van der Waals surface area (Å²) in [5, 5.41) is 2.45. The van der Waals surface area contributed by atoms with Crippen molar-refractivity contribution < 1.29 is 13.5 Å². The van der Waals surface area contributed by atoms with Crippen LogP contribution in [0.2, 0.25) is 0 Å². The Morgan fingerprint density at radius 1 is 1.53 bits per heavy atom. The highest BCUT2D eigenvalue weighted by molar-refractivity contribution is 5.37. The number of alkyl halides is 2. The zero-order chi connectivity index (χ0) is 11.3. The maximum absolute atomic E-state index is 12.8. The van der Waals surface area contributed by atoms with Gasteiger partial charge in [-0.3, -0.25) is 0 Å². The predicted octanol–water partition coefficient (Wildman–Crippen LogP) is 0.491. The topological polar surface area (TPSA) is 73.1 Å². The summed E-state index contributed by atoms with van der Waals surface area (Å²) in [7, 11) is 1.43. The largest absolute Gasteiger partial charge is 0.481 e. The molecule has 7 heteroatoms. The lowest BCUT2D eigenvalue weighted by atomic mass is 10.3. The third kappa shape index (κ3) is 3.62. The number of aromatic nitrogens is 2. The van der Waals surface area contributed by atoms with Crippen molar-refractivity contribution in [2.45, 2.75) is 5.92 Å². The van der Waals surface area contributed by atoms with Gasteiger partial charge < -0.3 is 15.8 Å². The Labute approximate surface area is 85.7 Å². The Kier molecular flexibility index (Phi) is 3.73. The van der Waals surface area contributed by atoms with Gasteiger partial charge in [0.05, 0.1) is 20.2 Å². The molecule has 0 aliphatic rings. The van der Waals surface area contributed by atoms with E-state index in [0.29, 0.717) is 5.88 Å². The van der Waals surface area contributed by atoms with Crippen LogP contribution in [0, 0.1) is 0 Å². The number of nitrogens with zero attached hydrogens (tertiary/aromatic N) is 2. The lowest BCUT2D eigenvalue weighted by Gasteiger charge is -2.14. The van der Waals surface area contributed by atoms with Crippen LogP contribution in [0.5, 0.6) is 5.88 Å². The highest BCUT2D eigenvalue weighted by atomic mass is 19.3. The number of anilines is 1. The van der Waals surface area contributed by atoms with E-state index in [1.54, 1.807) is 0 Å². The molecule has 0 aliphatic heterocycles. The maximum atomic E-state index is 12.8. The van der Waals surface area contributed by atoms with Crippen molar-refractivity contribution in [3.63, 3.8) is 0 Å². The second-order valence-corrected chi connectivity index (χ2v) is 2.86. The molecular formula is C8H12F2N4O. The van der Waals surface area contributed by atoms with E-state index < -0.39 is 19.0 Å².